The van der Waals surface area contributed by atoms with Crippen LogP contribution in [0.4, 0.5) is 5.69 Å². The van der Waals surface area contributed by atoms with E-state index >= 15 is 0 Å². The zero-order valence-corrected chi connectivity index (χ0v) is 18.4. The molecule has 0 saturated carbocycles. The number of nitrogens with zero attached hydrogens (tertiary/aromatic N) is 1. The van der Waals surface area contributed by atoms with Gasteiger partial charge in [0.05, 0.1) is 6.54 Å². The molecule has 6 nitrogen and oxygen atoms in total. The summed E-state index contributed by atoms with van der Waals surface area (Å²) in [5, 5.41) is 5.85. The number of amides is 3. The van der Waals surface area contributed by atoms with Gasteiger partial charge in [-0.05, 0) is 35.9 Å². The molecule has 0 aliphatic rings. The third kappa shape index (κ3) is 6.43. The van der Waals surface area contributed by atoms with E-state index < -0.39 is 11.9 Å². The minimum atomic E-state index is -0.817. The number of nitrogens with one attached hydrogen (secondary N) is 2. The van der Waals surface area contributed by atoms with Crippen molar-refractivity contribution in [2.24, 2.45) is 0 Å². The molecule has 3 aromatic rings. The van der Waals surface area contributed by atoms with Crippen LogP contribution in [0.5, 0.6) is 0 Å². The van der Waals surface area contributed by atoms with Gasteiger partial charge in [0.1, 0.15) is 6.04 Å². The zero-order valence-electron chi connectivity index (χ0n) is 17.6. The molecule has 0 heterocycles. The monoisotopic (exact) mass is 449 g/mol. The van der Waals surface area contributed by atoms with Gasteiger partial charge in [-0.25, -0.2) is 0 Å². The summed E-state index contributed by atoms with van der Waals surface area (Å²) in [4.78, 5) is 39.5. The van der Waals surface area contributed by atoms with E-state index in [1.807, 2.05) is 30.3 Å². The molecule has 1 unspecified atom stereocenters. The van der Waals surface area contributed by atoms with Crippen LogP contribution in [0.3, 0.4) is 0 Å². The molecular weight excluding hydrogens is 426 g/mol. The van der Waals surface area contributed by atoms with Crippen LogP contribution < -0.4 is 15.5 Å². The van der Waals surface area contributed by atoms with Gasteiger partial charge in [-0.3, -0.25) is 14.4 Å². The summed E-state index contributed by atoms with van der Waals surface area (Å²) < 4.78 is 0. The summed E-state index contributed by atoms with van der Waals surface area (Å²) in [5.74, 6) is -1.11. The molecule has 3 amide bonds. The fraction of sp³-hybridized carbons (Fsp3) is 0.160. The van der Waals surface area contributed by atoms with E-state index in [9.17, 15) is 14.4 Å². The number of benzene rings is 3. The Morgan fingerprint density at radius 2 is 1.56 bits per heavy atom. The molecule has 3 rings (SSSR count). The van der Waals surface area contributed by atoms with Crippen LogP contribution in [-0.4, -0.2) is 37.4 Å². The third-order valence-electron chi connectivity index (χ3n) is 4.89. The highest BCUT2D eigenvalue weighted by atomic mass is 35.5. The predicted molar refractivity (Wildman–Crippen MR) is 126 cm³/mol. The van der Waals surface area contributed by atoms with Crippen molar-refractivity contribution in [3.05, 3.63) is 101 Å². The van der Waals surface area contributed by atoms with E-state index in [0.29, 0.717) is 22.7 Å². The number of anilines is 1. The number of carbonyl (C=O) groups is 3. The van der Waals surface area contributed by atoms with Crippen molar-refractivity contribution < 1.29 is 14.4 Å². The Hall–Kier alpha value is -3.64. The Morgan fingerprint density at radius 3 is 2.22 bits per heavy atom. The molecular formula is C25H24ClN3O3. The van der Waals surface area contributed by atoms with E-state index in [4.69, 9.17) is 11.6 Å². The van der Waals surface area contributed by atoms with E-state index in [1.54, 1.807) is 61.6 Å². The summed E-state index contributed by atoms with van der Waals surface area (Å²) in [6.45, 7) is -0.243. The second-order valence-electron chi connectivity index (χ2n) is 7.24. The van der Waals surface area contributed by atoms with E-state index in [0.717, 1.165) is 5.56 Å². The molecule has 0 radical (unpaired) electrons. The van der Waals surface area contributed by atoms with Gasteiger partial charge in [-0.15, -0.1) is 0 Å². The Morgan fingerprint density at radius 1 is 0.906 bits per heavy atom. The molecule has 2 N–H and O–H groups in total. The molecule has 0 bridgehead atoms. The molecule has 0 spiro atoms. The highest BCUT2D eigenvalue weighted by molar-refractivity contribution is 6.30. The summed E-state index contributed by atoms with van der Waals surface area (Å²) in [6, 6.07) is 24.1. The van der Waals surface area contributed by atoms with Gasteiger partial charge in [0.15, 0.2) is 0 Å². The molecule has 0 aliphatic heterocycles. The average Bonchev–Trinajstić information content (AvgIpc) is 2.82. The van der Waals surface area contributed by atoms with Crippen LogP contribution >= 0.6 is 11.6 Å². The Balaban J connectivity index is 1.70. The fourth-order valence-electron chi connectivity index (χ4n) is 3.19. The maximum Gasteiger partial charge on any atom is 0.251 e. The van der Waals surface area contributed by atoms with Gasteiger partial charge in [0.2, 0.25) is 11.8 Å². The molecule has 164 valence electrons. The number of halogens is 1. The summed E-state index contributed by atoms with van der Waals surface area (Å²) in [7, 11) is 1.63. The molecule has 7 heteroatoms. The zero-order chi connectivity index (χ0) is 22.9. The number of carbonyl (C=O) groups excluding carboxylic acids is 3. The molecule has 1 atom stereocenters. The molecule has 3 aromatic carbocycles. The minimum Gasteiger partial charge on any atom is -0.343 e. The highest BCUT2D eigenvalue weighted by Gasteiger charge is 2.25. The SMILES string of the molecule is CN(C(=O)C(Cc1ccccc1)NC(=O)CNC(=O)c1ccccc1)c1cccc(Cl)c1. The van der Waals surface area contributed by atoms with E-state index in [1.165, 1.54) is 4.90 Å². The van der Waals surface area contributed by atoms with E-state index in [2.05, 4.69) is 10.6 Å². The van der Waals surface area contributed by atoms with Crippen LogP contribution in [0.25, 0.3) is 0 Å². The van der Waals surface area contributed by atoms with Crippen LogP contribution in [0.2, 0.25) is 5.02 Å². The number of likely N-dealkylation sites (N-methyl/N-ethyl adjacent to an activating group) is 1. The normalized spacial score (nSPS) is 11.3. The maximum atomic E-state index is 13.2. The van der Waals surface area contributed by atoms with Crippen molar-refractivity contribution in [1.82, 2.24) is 10.6 Å². The molecule has 0 saturated heterocycles. The maximum absolute atomic E-state index is 13.2. The summed E-state index contributed by atoms with van der Waals surface area (Å²) >= 11 is 6.06. The van der Waals surface area contributed by atoms with Crippen molar-refractivity contribution in [2.45, 2.75) is 12.5 Å². The number of rotatable bonds is 8. The third-order valence-corrected chi connectivity index (χ3v) is 5.12. The molecule has 0 fully saturated rings. The quantitative estimate of drug-likeness (QED) is 0.552. The summed E-state index contributed by atoms with van der Waals surface area (Å²) in [6.07, 6.45) is 0.308. The lowest BCUT2D eigenvalue weighted by molar-refractivity contribution is -0.126. The van der Waals surface area contributed by atoms with Crippen molar-refractivity contribution in [3.63, 3.8) is 0 Å². The Bertz CT molecular complexity index is 1070. The van der Waals surface area contributed by atoms with Crippen molar-refractivity contribution in [2.75, 3.05) is 18.5 Å². The minimum absolute atomic E-state index is 0.243. The first kappa shape index (κ1) is 23.0. The van der Waals surface area contributed by atoms with Gasteiger partial charge in [-0.2, -0.15) is 0 Å². The fourth-order valence-corrected chi connectivity index (χ4v) is 3.38. The molecule has 0 aromatic heterocycles. The largest absolute Gasteiger partial charge is 0.343 e. The topological polar surface area (TPSA) is 78.5 Å². The lowest BCUT2D eigenvalue weighted by atomic mass is 10.0. The standard InChI is InChI=1S/C25H24ClN3O3/c1-29(21-14-8-13-20(26)16-21)25(32)22(15-18-9-4-2-5-10-18)28-23(30)17-27-24(31)19-11-6-3-7-12-19/h2-14,16,22H,15,17H2,1H3,(H,27,31)(H,28,30). The van der Waals surface area contributed by atoms with Gasteiger partial charge in [0, 0.05) is 29.7 Å². The summed E-state index contributed by atoms with van der Waals surface area (Å²) in [5.41, 5.74) is 1.98. The van der Waals surface area contributed by atoms with Gasteiger partial charge >= 0.3 is 0 Å². The van der Waals surface area contributed by atoms with Crippen molar-refractivity contribution >= 4 is 35.0 Å². The van der Waals surface area contributed by atoms with Gasteiger partial charge in [-0.1, -0.05) is 66.2 Å². The van der Waals surface area contributed by atoms with Gasteiger partial charge in [0.25, 0.3) is 5.91 Å². The number of hydrogen-bond acceptors (Lipinski definition) is 3. The lowest BCUT2D eigenvalue weighted by Crippen LogP contribution is -2.51. The predicted octanol–water partition coefficient (Wildman–Crippen LogP) is 3.46. The van der Waals surface area contributed by atoms with Crippen molar-refractivity contribution in [3.8, 4) is 0 Å². The van der Waals surface area contributed by atoms with Crippen molar-refractivity contribution in [1.29, 1.82) is 0 Å². The second kappa shape index (κ2) is 11.1. The van der Waals surface area contributed by atoms with Crippen LogP contribution in [0.15, 0.2) is 84.9 Å². The first-order valence-corrected chi connectivity index (χ1v) is 10.5. The highest BCUT2D eigenvalue weighted by Crippen LogP contribution is 2.19. The second-order valence-corrected chi connectivity index (χ2v) is 7.67. The number of hydrogen-bond donors (Lipinski definition) is 2. The first-order valence-electron chi connectivity index (χ1n) is 10.1. The Labute approximate surface area is 192 Å². The smallest absolute Gasteiger partial charge is 0.251 e. The van der Waals surface area contributed by atoms with Crippen LogP contribution in [0, 0.1) is 0 Å². The molecule has 0 aliphatic carbocycles. The van der Waals surface area contributed by atoms with Gasteiger partial charge < -0.3 is 15.5 Å². The Kier molecular flexibility index (Phi) is 8.00. The van der Waals surface area contributed by atoms with E-state index in [-0.39, 0.29) is 18.4 Å². The first-order chi connectivity index (χ1) is 15.4. The lowest BCUT2D eigenvalue weighted by Gasteiger charge is -2.25. The average molecular weight is 450 g/mol. The molecule has 32 heavy (non-hydrogen) atoms. The van der Waals surface area contributed by atoms with Crippen LogP contribution in [-0.2, 0) is 16.0 Å². The van der Waals surface area contributed by atoms with Crippen LogP contribution in [0.1, 0.15) is 15.9 Å².